The van der Waals surface area contributed by atoms with Crippen LogP contribution in [0.25, 0.3) is 0 Å². The van der Waals surface area contributed by atoms with Crippen LogP contribution in [-0.2, 0) is 6.42 Å². The summed E-state index contributed by atoms with van der Waals surface area (Å²) in [6, 6.07) is 7.18. The van der Waals surface area contributed by atoms with E-state index < -0.39 is 0 Å². The van der Waals surface area contributed by atoms with Crippen molar-refractivity contribution in [3.63, 3.8) is 0 Å². The minimum Gasteiger partial charge on any atom is -0.493 e. The van der Waals surface area contributed by atoms with Gasteiger partial charge in [0.15, 0.2) is 0 Å². The highest BCUT2D eigenvalue weighted by atomic mass is 16.5. The molecule has 1 aromatic carbocycles. The van der Waals surface area contributed by atoms with E-state index in [4.69, 9.17) is 10.5 Å². The summed E-state index contributed by atoms with van der Waals surface area (Å²) in [7, 11) is 0. The van der Waals surface area contributed by atoms with Crippen molar-refractivity contribution in [1.82, 2.24) is 15.2 Å². The molecule has 0 aliphatic heterocycles. The van der Waals surface area contributed by atoms with Crippen LogP contribution in [0, 0.1) is 0 Å². The Morgan fingerprint density at radius 1 is 1.44 bits per heavy atom. The van der Waals surface area contributed by atoms with Crippen molar-refractivity contribution in [2.24, 2.45) is 0 Å². The molecule has 6 nitrogen and oxygen atoms in total. The summed E-state index contributed by atoms with van der Waals surface area (Å²) in [6.07, 6.45) is 0.535. The van der Waals surface area contributed by atoms with Gasteiger partial charge in [0.25, 0.3) is 0 Å². The number of aromatic nitrogens is 3. The lowest BCUT2D eigenvalue weighted by Gasteiger charge is -2.04. The quantitative estimate of drug-likeness (QED) is 0.645. The van der Waals surface area contributed by atoms with Crippen molar-refractivity contribution in [1.29, 1.82) is 0 Å². The van der Waals surface area contributed by atoms with E-state index in [0.717, 1.165) is 0 Å². The maximum atomic E-state index is 10.7. The zero-order valence-corrected chi connectivity index (χ0v) is 8.56. The van der Waals surface area contributed by atoms with Crippen molar-refractivity contribution in [2.75, 3.05) is 12.3 Å². The van der Waals surface area contributed by atoms with Gasteiger partial charge in [-0.2, -0.15) is 5.10 Å². The van der Waals surface area contributed by atoms with Gasteiger partial charge in [-0.05, 0) is 12.1 Å². The molecule has 0 spiro atoms. The molecule has 0 saturated heterocycles. The van der Waals surface area contributed by atoms with Gasteiger partial charge < -0.3 is 10.5 Å². The summed E-state index contributed by atoms with van der Waals surface area (Å²) >= 11 is 0. The highest BCUT2D eigenvalue weighted by Crippen LogP contribution is 2.14. The zero-order valence-electron chi connectivity index (χ0n) is 8.56. The summed E-state index contributed by atoms with van der Waals surface area (Å²) < 4.78 is 5.44. The van der Waals surface area contributed by atoms with E-state index in [0.29, 0.717) is 30.3 Å². The molecule has 0 fully saturated rings. The lowest BCUT2D eigenvalue weighted by Crippen LogP contribution is -2.05. The normalized spacial score (nSPS) is 10.2. The fourth-order valence-corrected chi connectivity index (χ4v) is 1.29. The summed E-state index contributed by atoms with van der Waals surface area (Å²) in [5.41, 5.74) is 5.95. The lowest BCUT2D eigenvalue weighted by molar-refractivity contribution is 0.319. The number of anilines is 1. The van der Waals surface area contributed by atoms with E-state index in [1.165, 1.54) is 0 Å². The largest absolute Gasteiger partial charge is 0.493 e. The Kier molecular flexibility index (Phi) is 2.90. The van der Waals surface area contributed by atoms with Gasteiger partial charge in [0, 0.05) is 18.2 Å². The van der Waals surface area contributed by atoms with Crippen LogP contribution in [0.5, 0.6) is 5.75 Å². The smallest absolute Gasteiger partial charge is 0.340 e. The number of ether oxygens (including phenoxy) is 1. The second-order valence-electron chi connectivity index (χ2n) is 3.30. The van der Waals surface area contributed by atoms with Crippen molar-refractivity contribution in [2.45, 2.75) is 6.42 Å². The van der Waals surface area contributed by atoms with Gasteiger partial charge in [0.05, 0.1) is 6.61 Å². The van der Waals surface area contributed by atoms with Crippen molar-refractivity contribution < 1.29 is 4.74 Å². The summed E-state index contributed by atoms with van der Waals surface area (Å²) in [5, 5.41) is 6.06. The molecule has 0 saturated carbocycles. The van der Waals surface area contributed by atoms with Crippen LogP contribution in [0.15, 0.2) is 29.1 Å². The van der Waals surface area contributed by atoms with Crippen LogP contribution in [0.1, 0.15) is 5.82 Å². The number of nitrogens with two attached hydrogens (primary N) is 1. The van der Waals surface area contributed by atoms with Crippen molar-refractivity contribution >= 4 is 5.69 Å². The number of rotatable bonds is 4. The standard InChI is InChI=1S/C10H12N4O2/c11-7-2-1-3-8(6-7)16-5-4-9-12-10(15)14-13-9/h1-3,6H,4-5,11H2,(H2,12,13,14,15). The Labute approximate surface area is 91.5 Å². The molecule has 0 atom stereocenters. The minimum atomic E-state index is -0.307. The Hall–Kier alpha value is -2.24. The third-order valence-electron chi connectivity index (χ3n) is 2.02. The first kappa shape index (κ1) is 10.3. The highest BCUT2D eigenvalue weighted by Gasteiger charge is 1.99. The maximum absolute atomic E-state index is 10.7. The highest BCUT2D eigenvalue weighted by molar-refractivity contribution is 5.43. The molecule has 84 valence electrons. The number of nitrogens with zero attached hydrogens (tertiary/aromatic N) is 1. The number of benzene rings is 1. The maximum Gasteiger partial charge on any atom is 0.340 e. The molecule has 6 heteroatoms. The van der Waals surface area contributed by atoms with Gasteiger partial charge in [-0.15, -0.1) is 0 Å². The topological polar surface area (TPSA) is 96.8 Å². The number of nitrogen functional groups attached to an aromatic ring is 1. The van der Waals surface area contributed by atoms with E-state index in [1.807, 2.05) is 12.1 Å². The Bertz CT molecular complexity index is 517. The van der Waals surface area contributed by atoms with Gasteiger partial charge in [0.2, 0.25) is 0 Å². The fraction of sp³-hybridized carbons (Fsp3) is 0.200. The van der Waals surface area contributed by atoms with Crippen LogP contribution < -0.4 is 16.2 Å². The van der Waals surface area contributed by atoms with Crippen LogP contribution in [0.3, 0.4) is 0 Å². The predicted octanol–water partition coefficient (Wildman–Crippen LogP) is 0.302. The first-order chi connectivity index (χ1) is 7.74. The molecule has 1 heterocycles. The second-order valence-corrected chi connectivity index (χ2v) is 3.30. The van der Waals surface area contributed by atoms with Crippen molar-refractivity contribution in [3.05, 3.63) is 40.6 Å². The predicted molar refractivity (Wildman–Crippen MR) is 59.3 cm³/mol. The van der Waals surface area contributed by atoms with Crippen LogP contribution >= 0.6 is 0 Å². The molecule has 4 N–H and O–H groups in total. The SMILES string of the molecule is Nc1cccc(OCCc2n[nH]c(=O)[nH]2)c1. The van der Waals surface area contributed by atoms with E-state index in [-0.39, 0.29) is 5.69 Å². The number of H-pyrrole nitrogens is 2. The number of hydrogen-bond acceptors (Lipinski definition) is 4. The summed E-state index contributed by atoms with van der Waals surface area (Å²) in [4.78, 5) is 13.3. The van der Waals surface area contributed by atoms with E-state index in [2.05, 4.69) is 15.2 Å². The lowest BCUT2D eigenvalue weighted by atomic mass is 10.3. The zero-order chi connectivity index (χ0) is 11.4. The van der Waals surface area contributed by atoms with Crippen molar-refractivity contribution in [3.8, 4) is 5.75 Å². The van der Waals surface area contributed by atoms with E-state index in [1.54, 1.807) is 12.1 Å². The molecule has 0 bridgehead atoms. The van der Waals surface area contributed by atoms with Crippen LogP contribution in [-0.4, -0.2) is 21.8 Å². The van der Waals surface area contributed by atoms with Gasteiger partial charge in [-0.25, -0.2) is 9.89 Å². The third kappa shape index (κ3) is 2.63. The molecular formula is C10H12N4O2. The average molecular weight is 220 g/mol. The Balaban J connectivity index is 1.86. The molecule has 2 aromatic rings. The van der Waals surface area contributed by atoms with Crippen LogP contribution in [0.2, 0.25) is 0 Å². The number of nitrogens with one attached hydrogen (secondary N) is 2. The van der Waals surface area contributed by atoms with Gasteiger partial charge in [-0.3, -0.25) is 4.98 Å². The Morgan fingerprint density at radius 2 is 2.31 bits per heavy atom. The first-order valence-corrected chi connectivity index (χ1v) is 4.86. The minimum absolute atomic E-state index is 0.307. The third-order valence-corrected chi connectivity index (χ3v) is 2.02. The molecule has 0 unspecified atom stereocenters. The summed E-state index contributed by atoms with van der Waals surface area (Å²) in [5.74, 6) is 1.28. The molecule has 0 amide bonds. The molecule has 1 aromatic heterocycles. The summed E-state index contributed by atoms with van der Waals surface area (Å²) in [6.45, 7) is 0.435. The number of aromatic amines is 2. The molecule has 0 aliphatic rings. The van der Waals surface area contributed by atoms with Gasteiger partial charge in [-0.1, -0.05) is 6.07 Å². The van der Waals surface area contributed by atoms with Gasteiger partial charge >= 0.3 is 5.69 Å². The molecule has 0 radical (unpaired) electrons. The Morgan fingerprint density at radius 3 is 3.00 bits per heavy atom. The first-order valence-electron chi connectivity index (χ1n) is 4.86. The fourth-order valence-electron chi connectivity index (χ4n) is 1.29. The number of hydrogen-bond donors (Lipinski definition) is 3. The second kappa shape index (κ2) is 4.52. The molecule has 16 heavy (non-hydrogen) atoms. The molecule has 2 rings (SSSR count). The van der Waals surface area contributed by atoms with E-state index >= 15 is 0 Å². The van der Waals surface area contributed by atoms with E-state index in [9.17, 15) is 4.79 Å². The monoisotopic (exact) mass is 220 g/mol. The van der Waals surface area contributed by atoms with Crippen LogP contribution in [0.4, 0.5) is 5.69 Å². The molecule has 0 aliphatic carbocycles. The average Bonchev–Trinajstić information content (AvgIpc) is 2.64. The molecular weight excluding hydrogens is 208 g/mol. The van der Waals surface area contributed by atoms with Gasteiger partial charge in [0.1, 0.15) is 11.6 Å².